The van der Waals surface area contributed by atoms with Crippen LogP contribution in [0.5, 0.6) is 0 Å². The monoisotopic (exact) mass is 274 g/mol. The van der Waals surface area contributed by atoms with Crippen molar-refractivity contribution >= 4 is 17.6 Å². The topological polar surface area (TPSA) is 76.7 Å². The maximum Gasteiger partial charge on any atom is 0.352 e. The Kier molecular flexibility index (Phi) is 2.67. The molecule has 0 radical (unpaired) electrons. The third kappa shape index (κ3) is 2.09. The molecule has 6 nitrogen and oxygen atoms in total. The van der Waals surface area contributed by atoms with Gasteiger partial charge in [-0.1, -0.05) is 18.2 Å². The first kappa shape index (κ1) is 12.5. The second-order valence-electron chi connectivity index (χ2n) is 5.06. The van der Waals surface area contributed by atoms with Crippen LogP contribution >= 0.6 is 0 Å². The molecule has 20 heavy (non-hydrogen) atoms. The van der Waals surface area contributed by atoms with Crippen molar-refractivity contribution in [2.45, 2.75) is 26.2 Å². The number of nitrogens with one attached hydrogen (secondary N) is 2. The van der Waals surface area contributed by atoms with Crippen LogP contribution in [0.1, 0.15) is 19.4 Å². The summed E-state index contributed by atoms with van der Waals surface area (Å²) in [5, 5.41) is 6.02. The molecule has 0 aliphatic carbocycles. The van der Waals surface area contributed by atoms with E-state index in [9.17, 15) is 9.59 Å². The maximum absolute atomic E-state index is 12.0. The van der Waals surface area contributed by atoms with Crippen molar-refractivity contribution in [3.05, 3.63) is 41.2 Å². The zero-order valence-electron chi connectivity index (χ0n) is 11.1. The van der Waals surface area contributed by atoms with E-state index in [0.717, 1.165) is 11.3 Å². The van der Waals surface area contributed by atoms with Gasteiger partial charge in [0.25, 0.3) is 5.79 Å². The molecule has 2 N–H and O–H groups in total. The summed E-state index contributed by atoms with van der Waals surface area (Å²) >= 11 is 0. The highest BCUT2D eigenvalue weighted by atomic mass is 16.7. The Bertz CT molecular complexity index is 612. The van der Waals surface area contributed by atoms with Gasteiger partial charge in [-0.05, 0) is 11.6 Å². The Hall–Kier alpha value is -2.50. The van der Waals surface area contributed by atoms with Crippen LogP contribution in [-0.4, -0.2) is 17.7 Å². The van der Waals surface area contributed by atoms with Gasteiger partial charge in [0, 0.05) is 26.1 Å². The number of para-hydroxylation sites is 1. The standard InChI is InChI=1S/C14H14N2O4/c1-14(2)19-12(17)10(13(18)20-14)11-15-7-8-5-3-4-6-9(8)16-11/h3-6,15-16H,7H2,1-2H3. The summed E-state index contributed by atoms with van der Waals surface area (Å²) in [6.07, 6.45) is 0. The summed E-state index contributed by atoms with van der Waals surface area (Å²) in [4.78, 5) is 23.9. The van der Waals surface area contributed by atoms with Gasteiger partial charge < -0.3 is 20.1 Å². The van der Waals surface area contributed by atoms with E-state index in [1.165, 1.54) is 13.8 Å². The average molecular weight is 274 g/mol. The smallest absolute Gasteiger partial charge is 0.352 e. The molecule has 1 fully saturated rings. The third-order valence-electron chi connectivity index (χ3n) is 3.07. The summed E-state index contributed by atoms with van der Waals surface area (Å²) in [6.45, 7) is 3.55. The van der Waals surface area contributed by atoms with E-state index in [1.807, 2.05) is 24.3 Å². The molecule has 1 aromatic rings. The Morgan fingerprint density at radius 1 is 1.10 bits per heavy atom. The molecule has 2 heterocycles. The van der Waals surface area contributed by atoms with E-state index in [-0.39, 0.29) is 5.57 Å². The van der Waals surface area contributed by atoms with Crippen molar-refractivity contribution in [2.75, 3.05) is 5.32 Å². The zero-order valence-corrected chi connectivity index (χ0v) is 11.1. The number of ether oxygens (including phenoxy) is 2. The summed E-state index contributed by atoms with van der Waals surface area (Å²) < 4.78 is 10.2. The Morgan fingerprint density at radius 2 is 1.75 bits per heavy atom. The first-order valence-electron chi connectivity index (χ1n) is 6.26. The molecule has 0 bridgehead atoms. The quantitative estimate of drug-likeness (QED) is 0.421. The highest BCUT2D eigenvalue weighted by Gasteiger charge is 2.41. The molecule has 2 aliphatic rings. The number of fused-ring (bicyclic) bond motifs is 1. The van der Waals surface area contributed by atoms with Crippen molar-refractivity contribution in [3.8, 4) is 0 Å². The molecule has 6 heteroatoms. The van der Waals surface area contributed by atoms with Crippen molar-refractivity contribution in [1.82, 2.24) is 5.32 Å². The Labute approximate surface area is 115 Å². The van der Waals surface area contributed by atoms with Crippen molar-refractivity contribution in [1.29, 1.82) is 0 Å². The summed E-state index contributed by atoms with van der Waals surface area (Å²) in [7, 11) is 0. The second kappa shape index (κ2) is 4.26. The molecule has 0 aromatic heterocycles. The van der Waals surface area contributed by atoms with Crippen LogP contribution in [0.4, 0.5) is 5.69 Å². The molecule has 0 atom stereocenters. The normalized spacial score (nSPS) is 20.3. The fourth-order valence-electron chi connectivity index (χ4n) is 2.17. The number of carbonyl (C=O) groups is 2. The molecule has 2 aliphatic heterocycles. The molecular weight excluding hydrogens is 260 g/mol. The van der Waals surface area contributed by atoms with Gasteiger partial charge in [0.1, 0.15) is 5.82 Å². The molecular formula is C14H14N2O4. The number of benzene rings is 1. The fraction of sp³-hybridized carbons (Fsp3) is 0.286. The molecule has 0 amide bonds. The van der Waals surface area contributed by atoms with E-state index in [0.29, 0.717) is 12.4 Å². The number of cyclic esters (lactones) is 2. The van der Waals surface area contributed by atoms with E-state index in [2.05, 4.69) is 10.6 Å². The average Bonchev–Trinajstić information content (AvgIpc) is 2.36. The lowest BCUT2D eigenvalue weighted by Crippen LogP contribution is -2.44. The molecule has 3 rings (SSSR count). The minimum atomic E-state index is -1.23. The largest absolute Gasteiger partial charge is 0.419 e. The Morgan fingerprint density at radius 3 is 2.45 bits per heavy atom. The van der Waals surface area contributed by atoms with Crippen molar-refractivity contribution < 1.29 is 19.1 Å². The maximum atomic E-state index is 12.0. The van der Waals surface area contributed by atoms with Crippen LogP contribution in [0.25, 0.3) is 0 Å². The van der Waals surface area contributed by atoms with Gasteiger partial charge in [0.05, 0.1) is 0 Å². The lowest BCUT2D eigenvalue weighted by atomic mass is 10.1. The van der Waals surface area contributed by atoms with Crippen LogP contribution in [0.2, 0.25) is 0 Å². The van der Waals surface area contributed by atoms with Gasteiger partial charge >= 0.3 is 11.9 Å². The van der Waals surface area contributed by atoms with Crippen LogP contribution in [0.3, 0.4) is 0 Å². The fourth-order valence-corrected chi connectivity index (χ4v) is 2.17. The van der Waals surface area contributed by atoms with Gasteiger partial charge in [0.15, 0.2) is 5.57 Å². The van der Waals surface area contributed by atoms with Crippen molar-refractivity contribution in [3.63, 3.8) is 0 Å². The number of anilines is 1. The molecule has 0 unspecified atom stereocenters. The number of carbonyl (C=O) groups excluding carboxylic acids is 2. The van der Waals surface area contributed by atoms with Gasteiger partial charge in [-0.15, -0.1) is 0 Å². The number of hydrogen-bond donors (Lipinski definition) is 2. The van der Waals surface area contributed by atoms with Crippen LogP contribution in [0.15, 0.2) is 35.7 Å². The second-order valence-corrected chi connectivity index (χ2v) is 5.06. The summed E-state index contributed by atoms with van der Waals surface area (Å²) in [5.74, 6) is -2.30. The third-order valence-corrected chi connectivity index (χ3v) is 3.07. The van der Waals surface area contributed by atoms with Crippen LogP contribution in [0, 0.1) is 0 Å². The predicted octanol–water partition coefficient (Wildman–Crippen LogP) is 1.25. The van der Waals surface area contributed by atoms with Crippen molar-refractivity contribution in [2.24, 2.45) is 0 Å². The van der Waals surface area contributed by atoms with Gasteiger partial charge in [-0.2, -0.15) is 0 Å². The molecule has 104 valence electrons. The van der Waals surface area contributed by atoms with E-state index in [1.54, 1.807) is 0 Å². The molecule has 0 saturated carbocycles. The zero-order chi connectivity index (χ0) is 14.3. The number of esters is 2. The first-order valence-corrected chi connectivity index (χ1v) is 6.26. The predicted molar refractivity (Wildman–Crippen MR) is 70.2 cm³/mol. The minimum absolute atomic E-state index is 0.140. The molecule has 0 spiro atoms. The van der Waals surface area contributed by atoms with Crippen LogP contribution in [-0.2, 0) is 25.6 Å². The lowest BCUT2D eigenvalue weighted by Gasteiger charge is -2.32. The highest BCUT2D eigenvalue weighted by Crippen LogP contribution is 2.27. The van der Waals surface area contributed by atoms with E-state index < -0.39 is 17.7 Å². The molecule has 1 aromatic carbocycles. The van der Waals surface area contributed by atoms with Gasteiger partial charge in [-0.3, -0.25) is 0 Å². The number of hydrogen-bond acceptors (Lipinski definition) is 6. The molecule has 1 saturated heterocycles. The number of rotatable bonds is 0. The van der Waals surface area contributed by atoms with E-state index >= 15 is 0 Å². The highest BCUT2D eigenvalue weighted by molar-refractivity contribution is 6.16. The first-order chi connectivity index (χ1) is 9.46. The summed E-state index contributed by atoms with van der Waals surface area (Å²) in [6, 6.07) is 7.63. The SMILES string of the molecule is CC1(C)OC(=O)C(=C2NCc3ccccc3N2)C(=O)O1. The van der Waals surface area contributed by atoms with Gasteiger partial charge in [-0.25, -0.2) is 9.59 Å². The van der Waals surface area contributed by atoms with Gasteiger partial charge in [0.2, 0.25) is 0 Å². The lowest BCUT2D eigenvalue weighted by molar-refractivity contribution is -0.222. The summed E-state index contributed by atoms with van der Waals surface area (Å²) in [5.41, 5.74) is 1.76. The van der Waals surface area contributed by atoms with E-state index in [4.69, 9.17) is 9.47 Å². The van der Waals surface area contributed by atoms with Crippen LogP contribution < -0.4 is 10.6 Å². The minimum Gasteiger partial charge on any atom is -0.419 e. The Balaban J connectivity index is 1.96.